The van der Waals surface area contributed by atoms with E-state index in [4.69, 9.17) is 9.84 Å². The summed E-state index contributed by atoms with van der Waals surface area (Å²) in [5.74, 6) is 0.702. The Bertz CT molecular complexity index is 833. The van der Waals surface area contributed by atoms with Gasteiger partial charge in [-0.15, -0.1) is 0 Å². The molecule has 2 aliphatic rings. The van der Waals surface area contributed by atoms with Gasteiger partial charge in [0.25, 0.3) is 0 Å². The van der Waals surface area contributed by atoms with E-state index in [9.17, 15) is 4.79 Å². The number of carbonyl (C=O) groups excluding carboxylic acids is 1. The van der Waals surface area contributed by atoms with E-state index in [0.717, 1.165) is 49.2 Å². The van der Waals surface area contributed by atoms with E-state index in [-0.39, 0.29) is 11.4 Å². The summed E-state index contributed by atoms with van der Waals surface area (Å²) < 4.78 is 6.44. The maximum atomic E-state index is 11.6. The average Bonchev–Trinajstić information content (AvgIpc) is 2.68. The number of Topliss-reactive ketones (excluding diaryl/α,β-unsaturated/α-hetero) is 1. The lowest BCUT2D eigenvalue weighted by molar-refractivity contribution is 0.0359. The van der Waals surface area contributed by atoms with E-state index in [2.05, 4.69) is 23.5 Å². The standard InChI is InChI=1S/C22H23NO3/c24-15-20(25)17-7-5-16(6-8-17)13-18-14-22(9-11-23-12-10-22)26-21-4-2-1-3-19(18)21/h1-8,13,23-24H,9-12,14-15H2/b18-13+. The molecule has 4 rings (SSSR count). The summed E-state index contributed by atoms with van der Waals surface area (Å²) in [5, 5.41) is 12.4. The zero-order valence-corrected chi connectivity index (χ0v) is 14.7. The SMILES string of the molecule is O=C(CO)c1ccc(/C=C2\CC3(CCNCC3)Oc3ccccc32)cc1. The van der Waals surface area contributed by atoms with Gasteiger partial charge in [0.05, 0.1) is 0 Å². The molecule has 26 heavy (non-hydrogen) atoms. The molecule has 1 spiro atoms. The number of para-hydroxylation sites is 1. The zero-order valence-electron chi connectivity index (χ0n) is 14.7. The molecule has 4 nitrogen and oxygen atoms in total. The van der Waals surface area contributed by atoms with Crippen LogP contribution >= 0.6 is 0 Å². The Morgan fingerprint density at radius 1 is 1.12 bits per heavy atom. The Balaban J connectivity index is 1.69. The summed E-state index contributed by atoms with van der Waals surface area (Å²) in [6, 6.07) is 15.6. The van der Waals surface area contributed by atoms with Crippen LogP contribution in [0.15, 0.2) is 48.5 Å². The van der Waals surface area contributed by atoms with Gasteiger partial charge in [-0.25, -0.2) is 0 Å². The quantitative estimate of drug-likeness (QED) is 0.835. The third-order valence-electron chi connectivity index (χ3n) is 5.30. The number of rotatable bonds is 3. The van der Waals surface area contributed by atoms with Gasteiger partial charge in [-0.3, -0.25) is 4.79 Å². The van der Waals surface area contributed by atoms with E-state index in [1.54, 1.807) is 12.1 Å². The monoisotopic (exact) mass is 349 g/mol. The fourth-order valence-corrected chi connectivity index (χ4v) is 3.88. The third kappa shape index (κ3) is 3.30. The molecule has 0 saturated carbocycles. The van der Waals surface area contributed by atoms with Gasteiger partial charge in [-0.2, -0.15) is 0 Å². The second-order valence-corrected chi connectivity index (χ2v) is 7.08. The lowest BCUT2D eigenvalue weighted by atomic mass is 9.80. The highest BCUT2D eigenvalue weighted by Gasteiger charge is 2.39. The summed E-state index contributed by atoms with van der Waals surface area (Å²) in [5.41, 5.74) is 3.88. The van der Waals surface area contributed by atoms with Crippen molar-refractivity contribution in [2.45, 2.75) is 24.9 Å². The van der Waals surface area contributed by atoms with Gasteiger partial charge in [0.2, 0.25) is 0 Å². The number of carbonyl (C=O) groups is 1. The molecule has 0 radical (unpaired) electrons. The fourth-order valence-electron chi connectivity index (χ4n) is 3.88. The van der Waals surface area contributed by atoms with Crippen molar-refractivity contribution in [2.24, 2.45) is 0 Å². The summed E-state index contributed by atoms with van der Waals surface area (Å²) in [6.07, 6.45) is 5.09. The molecule has 1 saturated heterocycles. The zero-order chi connectivity index (χ0) is 18.0. The van der Waals surface area contributed by atoms with Gasteiger partial charge >= 0.3 is 0 Å². The molecule has 0 bridgehead atoms. The first kappa shape index (κ1) is 17.0. The third-order valence-corrected chi connectivity index (χ3v) is 5.30. The van der Waals surface area contributed by atoms with Gasteiger partial charge in [-0.1, -0.05) is 48.5 Å². The topological polar surface area (TPSA) is 58.6 Å². The first-order valence-electron chi connectivity index (χ1n) is 9.13. The van der Waals surface area contributed by atoms with E-state index in [1.807, 2.05) is 24.3 Å². The molecule has 0 aliphatic carbocycles. The van der Waals surface area contributed by atoms with Gasteiger partial charge in [-0.05, 0) is 43.1 Å². The summed E-state index contributed by atoms with van der Waals surface area (Å²) in [7, 11) is 0. The molecule has 2 aliphatic heterocycles. The van der Waals surface area contributed by atoms with Crippen LogP contribution in [0.2, 0.25) is 0 Å². The fraction of sp³-hybridized carbons (Fsp3) is 0.318. The molecule has 2 aromatic carbocycles. The smallest absolute Gasteiger partial charge is 0.188 e. The van der Waals surface area contributed by atoms with Crippen molar-refractivity contribution in [3.8, 4) is 5.75 Å². The van der Waals surface area contributed by atoms with Crippen LogP contribution in [0, 0.1) is 0 Å². The van der Waals surface area contributed by atoms with Crippen LogP contribution in [0.25, 0.3) is 11.6 Å². The second-order valence-electron chi connectivity index (χ2n) is 7.08. The number of fused-ring (bicyclic) bond motifs is 1. The van der Waals surface area contributed by atoms with Crippen molar-refractivity contribution in [2.75, 3.05) is 19.7 Å². The van der Waals surface area contributed by atoms with Crippen LogP contribution in [0.4, 0.5) is 0 Å². The summed E-state index contributed by atoms with van der Waals surface area (Å²) >= 11 is 0. The molecule has 134 valence electrons. The van der Waals surface area contributed by atoms with Gasteiger partial charge in [0.1, 0.15) is 18.0 Å². The molecule has 0 amide bonds. The molecule has 4 heteroatoms. The van der Waals surface area contributed by atoms with Crippen LogP contribution in [0.5, 0.6) is 5.75 Å². The predicted molar refractivity (Wildman–Crippen MR) is 102 cm³/mol. The number of benzene rings is 2. The molecule has 1 fully saturated rings. The number of piperidine rings is 1. The molecule has 0 atom stereocenters. The van der Waals surface area contributed by atoms with E-state index in [0.29, 0.717) is 5.56 Å². The minimum Gasteiger partial charge on any atom is -0.486 e. The Labute approximate surface area is 153 Å². The van der Waals surface area contributed by atoms with Crippen molar-refractivity contribution in [3.63, 3.8) is 0 Å². The molecule has 2 aromatic rings. The van der Waals surface area contributed by atoms with Gasteiger partial charge < -0.3 is 15.2 Å². The van der Waals surface area contributed by atoms with Gasteiger partial charge in [0.15, 0.2) is 5.78 Å². The summed E-state index contributed by atoms with van der Waals surface area (Å²) in [6.45, 7) is 1.50. The molecule has 0 aromatic heterocycles. The average molecular weight is 349 g/mol. The number of ether oxygens (including phenoxy) is 1. The second kappa shape index (κ2) is 7.06. The number of ketones is 1. The van der Waals surface area contributed by atoms with Gasteiger partial charge in [0, 0.05) is 17.5 Å². The lowest BCUT2D eigenvalue weighted by Crippen LogP contribution is -2.47. The minimum atomic E-state index is -0.457. The van der Waals surface area contributed by atoms with E-state index < -0.39 is 6.61 Å². The molecule has 2 N–H and O–H groups in total. The van der Waals surface area contributed by atoms with Crippen molar-refractivity contribution < 1.29 is 14.6 Å². The first-order valence-corrected chi connectivity index (χ1v) is 9.13. The van der Waals surface area contributed by atoms with Crippen molar-refractivity contribution >= 4 is 17.4 Å². The highest BCUT2D eigenvalue weighted by molar-refractivity contribution is 5.97. The Morgan fingerprint density at radius 3 is 2.58 bits per heavy atom. The van der Waals surface area contributed by atoms with E-state index in [1.165, 1.54) is 5.57 Å². The maximum absolute atomic E-state index is 11.6. The van der Waals surface area contributed by atoms with Crippen molar-refractivity contribution in [1.82, 2.24) is 5.32 Å². The molecule has 0 unspecified atom stereocenters. The number of hydrogen-bond donors (Lipinski definition) is 2. The Hall–Kier alpha value is -2.43. The van der Waals surface area contributed by atoms with Crippen LogP contribution in [0.3, 0.4) is 0 Å². The minimum absolute atomic E-state index is 0.127. The van der Waals surface area contributed by atoms with Crippen molar-refractivity contribution in [1.29, 1.82) is 0 Å². The van der Waals surface area contributed by atoms with Crippen LogP contribution in [-0.2, 0) is 0 Å². The number of aliphatic hydroxyl groups excluding tert-OH is 1. The van der Waals surface area contributed by atoms with E-state index >= 15 is 0 Å². The number of hydrogen-bond acceptors (Lipinski definition) is 4. The Morgan fingerprint density at radius 2 is 1.85 bits per heavy atom. The molecule has 2 heterocycles. The van der Waals surface area contributed by atoms with Crippen LogP contribution in [0.1, 0.15) is 40.7 Å². The highest BCUT2D eigenvalue weighted by Crippen LogP contribution is 2.44. The maximum Gasteiger partial charge on any atom is 0.188 e. The normalized spacial score (nSPS) is 19.8. The predicted octanol–water partition coefficient (Wildman–Crippen LogP) is 3.31. The first-order chi connectivity index (χ1) is 12.7. The largest absolute Gasteiger partial charge is 0.486 e. The van der Waals surface area contributed by atoms with Crippen LogP contribution in [-0.4, -0.2) is 36.2 Å². The van der Waals surface area contributed by atoms with Crippen molar-refractivity contribution in [3.05, 3.63) is 65.2 Å². The molecular formula is C22H23NO3. The number of nitrogens with one attached hydrogen (secondary N) is 1. The van der Waals surface area contributed by atoms with Crippen LogP contribution < -0.4 is 10.1 Å². The summed E-state index contributed by atoms with van der Waals surface area (Å²) in [4.78, 5) is 11.6. The Kier molecular flexibility index (Phi) is 4.62. The number of aliphatic hydroxyl groups is 1. The lowest BCUT2D eigenvalue weighted by Gasteiger charge is -2.42. The molecular weight excluding hydrogens is 326 g/mol. The highest BCUT2D eigenvalue weighted by atomic mass is 16.5.